The van der Waals surface area contributed by atoms with Crippen molar-refractivity contribution in [2.45, 2.75) is 70.1 Å². The molecule has 1 unspecified atom stereocenters. The number of ether oxygens (including phenoxy) is 2. The highest BCUT2D eigenvalue weighted by atomic mass is 16.5. The molecule has 2 heterocycles. The van der Waals surface area contributed by atoms with E-state index in [1.165, 1.54) is 66.7 Å². The molecule has 2 bridgehead atoms. The Kier molecular flexibility index (Phi) is 9.54. The van der Waals surface area contributed by atoms with Gasteiger partial charge in [-0.2, -0.15) is 0 Å². The normalized spacial score (nSPS) is 21.9. The minimum absolute atomic E-state index is 0.369. The quantitative estimate of drug-likeness (QED) is 0.220. The summed E-state index contributed by atoms with van der Waals surface area (Å²) in [6.45, 7) is 5.32. The van der Waals surface area contributed by atoms with Crippen molar-refractivity contribution >= 4 is 5.69 Å². The number of benzene rings is 3. The van der Waals surface area contributed by atoms with E-state index in [9.17, 15) is 5.11 Å². The molecule has 5 nitrogen and oxygen atoms in total. The number of hydrogen-bond donors (Lipinski definition) is 2. The topological polar surface area (TPSA) is 54.0 Å². The zero-order valence-corrected chi connectivity index (χ0v) is 25.3. The molecule has 0 spiro atoms. The predicted molar refractivity (Wildman–Crippen MR) is 171 cm³/mol. The first-order valence-electron chi connectivity index (χ1n) is 16.3. The van der Waals surface area contributed by atoms with Gasteiger partial charge in [0.1, 0.15) is 23.9 Å². The Morgan fingerprint density at radius 3 is 2.36 bits per heavy atom. The van der Waals surface area contributed by atoms with Crippen LogP contribution in [-0.2, 0) is 19.3 Å². The van der Waals surface area contributed by atoms with Gasteiger partial charge in [0.05, 0.1) is 7.11 Å². The van der Waals surface area contributed by atoms with Gasteiger partial charge in [-0.25, -0.2) is 0 Å². The van der Waals surface area contributed by atoms with E-state index in [0.717, 1.165) is 81.6 Å². The summed E-state index contributed by atoms with van der Waals surface area (Å²) in [5.74, 6) is 4.56. The Morgan fingerprint density at radius 2 is 1.60 bits per heavy atom. The minimum atomic E-state index is 0.369. The van der Waals surface area contributed by atoms with Crippen molar-refractivity contribution in [3.63, 3.8) is 0 Å². The zero-order valence-electron chi connectivity index (χ0n) is 25.3. The molecule has 4 aliphatic rings. The highest BCUT2D eigenvalue weighted by Crippen LogP contribution is 2.38. The molecule has 2 aliphatic carbocycles. The van der Waals surface area contributed by atoms with E-state index in [1.54, 1.807) is 7.11 Å². The van der Waals surface area contributed by atoms with Crippen LogP contribution in [0.15, 0.2) is 60.7 Å². The van der Waals surface area contributed by atoms with Gasteiger partial charge in [0.25, 0.3) is 0 Å². The van der Waals surface area contributed by atoms with Crippen LogP contribution in [0.25, 0.3) is 0 Å². The fraction of sp³-hybridized carbons (Fsp3) is 0.514. The van der Waals surface area contributed by atoms with Crippen molar-refractivity contribution in [2.75, 3.05) is 45.2 Å². The standard InChI is InChI=1S/C37H48N2O3/c1-41-35-17-18-36(32-12-11-31-23-33(40)14-13-30(31)22-32)37(24-35)38-19-3-2-4-27-9-15-34(16-10-27)42-21-20-39-25-28-5-6-29(26-39)8-7-28/h9-10,13-18,23-24,28-29,32,38,40H,2-8,11-12,19-22,25-26H2,1H3. The van der Waals surface area contributed by atoms with Crippen LogP contribution < -0.4 is 14.8 Å². The van der Waals surface area contributed by atoms with Gasteiger partial charge in [-0.3, -0.25) is 4.90 Å². The van der Waals surface area contributed by atoms with Crippen molar-refractivity contribution in [3.8, 4) is 17.2 Å². The number of aromatic hydroxyl groups is 1. The van der Waals surface area contributed by atoms with Crippen LogP contribution in [0.3, 0.4) is 0 Å². The van der Waals surface area contributed by atoms with Crippen molar-refractivity contribution in [1.29, 1.82) is 0 Å². The Bertz CT molecular complexity index is 1280. The molecule has 3 aromatic rings. The summed E-state index contributed by atoms with van der Waals surface area (Å²) in [5.41, 5.74) is 6.57. The highest BCUT2D eigenvalue weighted by Gasteiger charge is 2.29. The summed E-state index contributed by atoms with van der Waals surface area (Å²) >= 11 is 0. The maximum Gasteiger partial charge on any atom is 0.120 e. The molecule has 0 radical (unpaired) electrons. The lowest BCUT2D eigenvalue weighted by atomic mass is 9.79. The fourth-order valence-corrected chi connectivity index (χ4v) is 7.48. The Hall–Kier alpha value is -3.18. The largest absolute Gasteiger partial charge is 0.508 e. The smallest absolute Gasteiger partial charge is 0.120 e. The third-order valence-electron chi connectivity index (χ3n) is 9.92. The fourth-order valence-electron chi connectivity index (χ4n) is 7.48. The molecule has 3 aromatic carbocycles. The van der Waals surface area contributed by atoms with Gasteiger partial charge in [-0.1, -0.05) is 24.3 Å². The van der Waals surface area contributed by atoms with Crippen LogP contribution in [0.4, 0.5) is 5.69 Å². The number of methoxy groups -OCH3 is 1. The van der Waals surface area contributed by atoms with Crippen LogP contribution in [0.5, 0.6) is 17.2 Å². The molecule has 2 aliphatic heterocycles. The van der Waals surface area contributed by atoms with Crippen LogP contribution in [-0.4, -0.2) is 49.9 Å². The minimum Gasteiger partial charge on any atom is -0.508 e. The van der Waals surface area contributed by atoms with Crippen molar-refractivity contribution in [2.24, 2.45) is 11.8 Å². The molecule has 0 amide bonds. The van der Waals surface area contributed by atoms with Gasteiger partial charge in [0.2, 0.25) is 0 Å². The van der Waals surface area contributed by atoms with Crippen molar-refractivity contribution in [3.05, 3.63) is 82.9 Å². The van der Waals surface area contributed by atoms with E-state index >= 15 is 0 Å². The van der Waals surface area contributed by atoms with E-state index in [1.807, 2.05) is 12.1 Å². The third kappa shape index (κ3) is 7.42. The number of aryl methyl sites for hydroxylation is 2. The molecule has 5 heteroatoms. The molecule has 2 N–H and O–H groups in total. The molecule has 0 aromatic heterocycles. The van der Waals surface area contributed by atoms with Gasteiger partial charge in [-0.15, -0.1) is 0 Å². The number of nitrogens with zero attached hydrogens (tertiary/aromatic N) is 1. The number of unbranched alkanes of at least 4 members (excludes halogenated alkanes) is 1. The van der Waals surface area contributed by atoms with E-state index in [4.69, 9.17) is 9.47 Å². The van der Waals surface area contributed by atoms with Gasteiger partial charge in [-0.05, 0) is 135 Å². The molecule has 3 fully saturated rings. The lowest BCUT2D eigenvalue weighted by molar-refractivity contribution is 0.197. The number of phenols is 1. The molecule has 7 rings (SSSR count). The monoisotopic (exact) mass is 568 g/mol. The molecule has 2 saturated heterocycles. The van der Waals surface area contributed by atoms with Gasteiger partial charge in [0.15, 0.2) is 0 Å². The number of anilines is 1. The molecule has 42 heavy (non-hydrogen) atoms. The summed E-state index contributed by atoms with van der Waals surface area (Å²) in [5, 5.41) is 13.6. The first-order chi connectivity index (χ1) is 20.6. The van der Waals surface area contributed by atoms with Crippen LogP contribution >= 0.6 is 0 Å². The first kappa shape index (κ1) is 28.9. The average Bonchev–Trinajstić information content (AvgIpc) is 3.34. The summed E-state index contributed by atoms with van der Waals surface area (Å²) in [4.78, 5) is 2.65. The SMILES string of the molecule is COc1ccc(C2CCc3cc(O)ccc3C2)c(NCCCCc2ccc(OCCN3CC4CCC(CC4)C3)cc2)c1. The number of hydrogen-bond acceptors (Lipinski definition) is 5. The number of rotatable bonds is 12. The Balaban J connectivity index is 0.941. The molecular weight excluding hydrogens is 520 g/mol. The Morgan fingerprint density at radius 1 is 0.833 bits per heavy atom. The van der Waals surface area contributed by atoms with E-state index < -0.39 is 0 Å². The second kappa shape index (κ2) is 13.9. The Labute approximate surface area is 252 Å². The van der Waals surface area contributed by atoms with Crippen molar-refractivity contribution < 1.29 is 14.6 Å². The number of fused-ring (bicyclic) bond motifs is 5. The zero-order chi connectivity index (χ0) is 28.7. The van der Waals surface area contributed by atoms with Crippen molar-refractivity contribution in [1.82, 2.24) is 4.90 Å². The van der Waals surface area contributed by atoms with E-state index in [0.29, 0.717) is 11.7 Å². The molecule has 1 saturated carbocycles. The van der Waals surface area contributed by atoms with E-state index in [2.05, 4.69) is 58.7 Å². The maximum absolute atomic E-state index is 9.86. The summed E-state index contributed by atoms with van der Waals surface area (Å²) in [6.07, 6.45) is 12.2. The highest BCUT2D eigenvalue weighted by molar-refractivity contribution is 5.57. The molecule has 1 atom stereocenters. The second-order valence-corrected chi connectivity index (χ2v) is 12.9. The molecule has 224 valence electrons. The van der Waals surface area contributed by atoms with Crippen LogP contribution in [0.2, 0.25) is 0 Å². The van der Waals surface area contributed by atoms with E-state index in [-0.39, 0.29) is 0 Å². The average molecular weight is 569 g/mol. The number of nitrogens with one attached hydrogen (secondary N) is 1. The van der Waals surface area contributed by atoms with Crippen LogP contribution in [0, 0.1) is 11.8 Å². The van der Waals surface area contributed by atoms with Gasteiger partial charge >= 0.3 is 0 Å². The maximum atomic E-state index is 9.86. The summed E-state index contributed by atoms with van der Waals surface area (Å²) in [6, 6.07) is 21.1. The lowest BCUT2D eigenvalue weighted by Gasteiger charge is -2.27. The lowest BCUT2D eigenvalue weighted by Crippen LogP contribution is -2.32. The van der Waals surface area contributed by atoms with Crippen LogP contribution in [0.1, 0.15) is 73.1 Å². The van der Waals surface area contributed by atoms with Gasteiger partial charge < -0.3 is 19.9 Å². The third-order valence-corrected chi connectivity index (χ3v) is 9.92. The first-order valence-corrected chi connectivity index (χ1v) is 16.3. The summed E-state index contributed by atoms with van der Waals surface area (Å²) in [7, 11) is 1.73. The number of phenolic OH excluding ortho intramolecular Hbond substituents is 1. The second-order valence-electron chi connectivity index (χ2n) is 12.9. The van der Waals surface area contributed by atoms with Gasteiger partial charge in [0, 0.05) is 37.9 Å². The summed E-state index contributed by atoms with van der Waals surface area (Å²) < 4.78 is 11.7. The predicted octanol–water partition coefficient (Wildman–Crippen LogP) is 7.61. The molecular formula is C37H48N2O3.